The van der Waals surface area contributed by atoms with Gasteiger partial charge in [-0.3, -0.25) is 0 Å². The van der Waals surface area contributed by atoms with E-state index in [9.17, 15) is 4.79 Å². The van der Waals surface area contributed by atoms with Crippen molar-refractivity contribution in [3.63, 3.8) is 0 Å². The van der Waals surface area contributed by atoms with E-state index in [1.807, 2.05) is 24.3 Å². The zero-order valence-electron chi connectivity index (χ0n) is 12.1. The van der Waals surface area contributed by atoms with Gasteiger partial charge in [-0.1, -0.05) is 28.1 Å². The zero-order valence-corrected chi connectivity index (χ0v) is 13.7. The quantitative estimate of drug-likeness (QED) is 0.789. The van der Waals surface area contributed by atoms with Gasteiger partial charge in [-0.2, -0.15) is 0 Å². The number of ether oxygens (including phenoxy) is 1. The summed E-state index contributed by atoms with van der Waals surface area (Å²) in [5.41, 5.74) is 2.73. The molecule has 0 bridgehead atoms. The lowest BCUT2D eigenvalue weighted by molar-refractivity contribution is 0.0526. The number of esters is 1. The lowest BCUT2D eigenvalue weighted by Gasteiger charge is -2.16. The molecule has 0 aliphatic rings. The fourth-order valence-corrected chi connectivity index (χ4v) is 2.44. The lowest BCUT2D eigenvalue weighted by atomic mass is 10.1. The Kier molecular flexibility index (Phi) is 5.39. The van der Waals surface area contributed by atoms with E-state index < -0.39 is 0 Å². The van der Waals surface area contributed by atoms with E-state index in [1.54, 1.807) is 19.1 Å². The normalized spacial score (nSPS) is 11.8. The van der Waals surface area contributed by atoms with Crippen molar-refractivity contribution in [1.82, 2.24) is 0 Å². The number of carbonyl (C=O) groups is 1. The molecular formula is C17H18BrNO2. The number of carbonyl (C=O) groups excluding carboxylic acids is 1. The molecular weight excluding hydrogens is 330 g/mol. The van der Waals surface area contributed by atoms with E-state index >= 15 is 0 Å². The van der Waals surface area contributed by atoms with Crippen LogP contribution in [0.4, 0.5) is 5.69 Å². The molecule has 21 heavy (non-hydrogen) atoms. The van der Waals surface area contributed by atoms with Gasteiger partial charge in [-0.15, -0.1) is 0 Å². The predicted molar refractivity (Wildman–Crippen MR) is 88.6 cm³/mol. The molecule has 2 rings (SSSR count). The fourth-order valence-electron chi connectivity index (χ4n) is 2.03. The smallest absolute Gasteiger partial charge is 0.338 e. The first-order valence-corrected chi connectivity index (χ1v) is 7.68. The Bertz CT molecular complexity index is 610. The first-order valence-electron chi connectivity index (χ1n) is 6.89. The topological polar surface area (TPSA) is 38.3 Å². The van der Waals surface area contributed by atoms with Crippen LogP contribution in [0.2, 0.25) is 0 Å². The molecule has 0 saturated heterocycles. The van der Waals surface area contributed by atoms with Gasteiger partial charge in [0.1, 0.15) is 0 Å². The predicted octanol–water partition coefficient (Wildman–Crippen LogP) is 4.80. The minimum Gasteiger partial charge on any atom is -0.462 e. The molecule has 0 heterocycles. The van der Waals surface area contributed by atoms with Gasteiger partial charge in [0.2, 0.25) is 0 Å². The highest BCUT2D eigenvalue weighted by Crippen LogP contribution is 2.22. The van der Waals surface area contributed by atoms with Crippen LogP contribution in [0, 0.1) is 0 Å². The molecule has 0 aromatic heterocycles. The molecule has 4 heteroatoms. The molecule has 1 unspecified atom stereocenters. The summed E-state index contributed by atoms with van der Waals surface area (Å²) in [5.74, 6) is -0.288. The van der Waals surface area contributed by atoms with Gasteiger partial charge < -0.3 is 10.1 Å². The third-order valence-corrected chi connectivity index (χ3v) is 3.62. The van der Waals surface area contributed by atoms with Gasteiger partial charge in [0.15, 0.2) is 0 Å². The summed E-state index contributed by atoms with van der Waals surface area (Å²) in [4.78, 5) is 11.6. The third-order valence-electron chi connectivity index (χ3n) is 3.13. The molecule has 1 atom stereocenters. The second-order valence-electron chi connectivity index (χ2n) is 4.72. The number of hydrogen-bond acceptors (Lipinski definition) is 3. The summed E-state index contributed by atoms with van der Waals surface area (Å²) < 4.78 is 6.03. The molecule has 2 aromatic rings. The average molecular weight is 348 g/mol. The van der Waals surface area contributed by atoms with Crippen molar-refractivity contribution in [3.05, 3.63) is 64.1 Å². The molecule has 0 radical (unpaired) electrons. The maximum atomic E-state index is 11.6. The molecule has 0 aliphatic carbocycles. The molecule has 0 amide bonds. The van der Waals surface area contributed by atoms with Crippen LogP contribution in [0.15, 0.2) is 53.0 Å². The van der Waals surface area contributed by atoms with Crippen LogP contribution in [0.1, 0.15) is 35.8 Å². The van der Waals surface area contributed by atoms with Crippen molar-refractivity contribution in [3.8, 4) is 0 Å². The minimum atomic E-state index is -0.288. The lowest BCUT2D eigenvalue weighted by Crippen LogP contribution is -2.08. The van der Waals surface area contributed by atoms with Crippen LogP contribution >= 0.6 is 15.9 Å². The fraction of sp³-hybridized carbons (Fsp3) is 0.235. The molecule has 3 nitrogen and oxygen atoms in total. The Balaban J connectivity index is 2.04. The Labute approximate surface area is 133 Å². The Morgan fingerprint density at radius 2 is 1.95 bits per heavy atom. The highest BCUT2D eigenvalue weighted by molar-refractivity contribution is 9.10. The number of halogens is 1. The number of rotatable bonds is 5. The molecule has 110 valence electrons. The first-order chi connectivity index (χ1) is 10.1. The van der Waals surface area contributed by atoms with Gasteiger partial charge in [0.25, 0.3) is 0 Å². The average Bonchev–Trinajstić information content (AvgIpc) is 2.48. The molecule has 0 saturated carbocycles. The van der Waals surface area contributed by atoms with E-state index in [4.69, 9.17) is 4.74 Å². The summed E-state index contributed by atoms with van der Waals surface area (Å²) in [7, 11) is 0. The Morgan fingerprint density at radius 3 is 2.57 bits per heavy atom. The number of nitrogens with one attached hydrogen (secondary N) is 1. The standard InChI is InChI=1S/C17H18BrNO2/c1-3-21-17(20)13-7-9-16(10-8-13)19-12(2)14-5-4-6-15(18)11-14/h4-12,19H,3H2,1-2H3. The Hall–Kier alpha value is -1.81. The van der Waals surface area contributed by atoms with Crippen LogP contribution < -0.4 is 5.32 Å². The SMILES string of the molecule is CCOC(=O)c1ccc(NC(C)c2cccc(Br)c2)cc1. The Morgan fingerprint density at radius 1 is 1.24 bits per heavy atom. The van der Waals surface area contributed by atoms with Crippen LogP contribution in [0.5, 0.6) is 0 Å². The first kappa shape index (κ1) is 15.6. The highest BCUT2D eigenvalue weighted by atomic mass is 79.9. The van der Waals surface area contributed by atoms with Crippen LogP contribution in [0.3, 0.4) is 0 Å². The van der Waals surface area contributed by atoms with Crippen LogP contribution in [0.25, 0.3) is 0 Å². The molecule has 2 aromatic carbocycles. The summed E-state index contributed by atoms with van der Waals surface area (Å²) in [6.45, 7) is 4.29. The second-order valence-corrected chi connectivity index (χ2v) is 5.63. The molecule has 1 N–H and O–H groups in total. The minimum absolute atomic E-state index is 0.177. The third kappa shape index (κ3) is 4.33. The molecule has 0 spiro atoms. The van der Waals surface area contributed by atoms with Gasteiger partial charge >= 0.3 is 5.97 Å². The molecule has 0 aliphatic heterocycles. The van der Waals surface area contributed by atoms with Crippen molar-refractivity contribution in [1.29, 1.82) is 0 Å². The van der Waals surface area contributed by atoms with Crippen molar-refractivity contribution >= 4 is 27.6 Å². The van der Waals surface area contributed by atoms with E-state index in [2.05, 4.69) is 40.3 Å². The zero-order chi connectivity index (χ0) is 15.2. The van der Waals surface area contributed by atoms with Crippen molar-refractivity contribution < 1.29 is 9.53 Å². The van der Waals surface area contributed by atoms with Crippen molar-refractivity contribution in [2.24, 2.45) is 0 Å². The van der Waals surface area contributed by atoms with E-state index in [0.29, 0.717) is 12.2 Å². The number of hydrogen-bond donors (Lipinski definition) is 1. The summed E-state index contributed by atoms with van der Waals surface area (Å²) in [6, 6.07) is 15.7. The summed E-state index contributed by atoms with van der Waals surface area (Å²) in [6.07, 6.45) is 0. The maximum absolute atomic E-state index is 11.6. The molecule has 0 fully saturated rings. The van der Waals surface area contributed by atoms with E-state index in [0.717, 1.165) is 10.2 Å². The van der Waals surface area contributed by atoms with Crippen LogP contribution in [-0.4, -0.2) is 12.6 Å². The van der Waals surface area contributed by atoms with E-state index in [-0.39, 0.29) is 12.0 Å². The van der Waals surface area contributed by atoms with Crippen LogP contribution in [-0.2, 0) is 4.74 Å². The monoisotopic (exact) mass is 347 g/mol. The number of anilines is 1. The highest BCUT2D eigenvalue weighted by Gasteiger charge is 2.08. The van der Waals surface area contributed by atoms with Crippen molar-refractivity contribution in [2.45, 2.75) is 19.9 Å². The van der Waals surface area contributed by atoms with Gasteiger partial charge in [-0.25, -0.2) is 4.79 Å². The number of benzene rings is 2. The summed E-state index contributed by atoms with van der Waals surface area (Å²) >= 11 is 3.48. The second kappa shape index (κ2) is 7.27. The van der Waals surface area contributed by atoms with Crippen molar-refractivity contribution in [2.75, 3.05) is 11.9 Å². The largest absolute Gasteiger partial charge is 0.462 e. The maximum Gasteiger partial charge on any atom is 0.338 e. The van der Waals surface area contributed by atoms with E-state index in [1.165, 1.54) is 5.56 Å². The van der Waals surface area contributed by atoms with Gasteiger partial charge in [0.05, 0.1) is 12.2 Å². The van der Waals surface area contributed by atoms with Gasteiger partial charge in [0, 0.05) is 16.2 Å². The summed E-state index contributed by atoms with van der Waals surface area (Å²) in [5, 5.41) is 3.41. The van der Waals surface area contributed by atoms with Gasteiger partial charge in [-0.05, 0) is 55.8 Å².